The number of carbonyl (C=O) groups excluding carboxylic acids is 2. The molecule has 0 saturated heterocycles. The van der Waals surface area contributed by atoms with Gasteiger partial charge in [-0.3, -0.25) is 14.9 Å². The van der Waals surface area contributed by atoms with E-state index in [4.69, 9.17) is 0 Å². The van der Waals surface area contributed by atoms with Gasteiger partial charge in [-0.25, -0.2) is 4.52 Å². The zero-order valence-corrected chi connectivity index (χ0v) is 20.8. The van der Waals surface area contributed by atoms with Crippen LogP contribution in [0, 0.1) is 5.92 Å². The third kappa shape index (κ3) is 4.35. The van der Waals surface area contributed by atoms with E-state index in [0.717, 1.165) is 46.9 Å². The molecule has 2 amide bonds. The lowest BCUT2D eigenvalue weighted by Gasteiger charge is -2.22. The Hall–Kier alpha value is -4.46. The molecule has 8 nitrogen and oxygen atoms in total. The van der Waals surface area contributed by atoms with Crippen LogP contribution in [0.5, 0.6) is 0 Å². The Labute approximate surface area is 214 Å². The van der Waals surface area contributed by atoms with E-state index < -0.39 is 0 Å². The number of nitrogens with zero attached hydrogens (tertiary/aromatic N) is 4. The van der Waals surface area contributed by atoms with Crippen LogP contribution in [0.3, 0.4) is 0 Å². The first kappa shape index (κ1) is 23.0. The number of hydrogen-bond donors (Lipinski definition) is 2. The Kier molecular flexibility index (Phi) is 5.71. The number of benzene rings is 2. The molecule has 1 fully saturated rings. The molecule has 8 heteroatoms. The highest BCUT2D eigenvalue weighted by Crippen LogP contribution is 2.30. The predicted octanol–water partition coefficient (Wildman–Crippen LogP) is 5.12. The molecule has 1 aliphatic carbocycles. The smallest absolute Gasteiger partial charge is 0.253 e. The average Bonchev–Trinajstić information content (AvgIpc) is 3.42. The summed E-state index contributed by atoms with van der Waals surface area (Å²) in [5, 5.41) is 11.2. The Morgan fingerprint density at radius 3 is 2.57 bits per heavy atom. The molecule has 2 N–H and O–H groups in total. The number of amides is 2. The van der Waals surface area contributed by atoms with E-state index in [0.29, 0.717) is 17.2 Å². The number of aromatic nitrogens is 4. The zero-order valence-electron chi connectivity index (χ0n) is 20.8. The minimum Gasteiger partial charge on any atom is -0.350 e. The summed E-state index contributed by atoms with van der Waals surface area (Å²) in [4.78, 5) is 30.1. The van der Waals surface area contributed by atoms with Crippen LogP contribution in [0.15, 0.2) is 73.1 Å². The maximum absolute atomic E-state index is 13.3. The number of pyridine rings is 1. The lowest BCUT2D eigenvalue weighted by molar-refractivity contribution is -0.122. The highest BCUT2D eigenvalue weighted by Gasteiger charge is 2.26. The summed E-state index contributed by atoms with van der Waals surface area (Å²) in [7, 11) is 1.95. The number of nitrogens with one attached hydrogen (secondary N) is 2. The summed E-state index contributed by atoms with van der Waals surface area (Å²) in [6.45, 7) is 1.99. The van der Waals surface area contributed by atoms with Crippen molar-refractivity contribution < 1.29 is 9.59 Å². The van der Waals surface area contributed by atoms with Crippen molar-refractivity contribution in [3.63, 3.8) is 0 Å². The maximum Gasteiger partial charge on any atom is 0.253 e. The Bertz CT molecular complexity index is 1630. The van der Waals surface area contributed by atoms with E-state index in [2.05, 4.69) is 20.7 Å². The summed E-state index contributed by atoms with van der Waals surface area (Å²) in [5.41, 5.74) is 5.23. The van der Waals surface area contributed by atoms with E-state index in [1.54, 1.807) is 4.52 Å². The molecule has 0 radical (unpaired) electrons. The fourth-order valence-electron chi connectivity index (χ4n) is 4.85. The van der Waals surface area contributed by atoms with E-state index in [9.17, 15) is 9.59 Å². The van der Waals surface area contributed by atoms with E-state index in [1.807, 2.05) is 91.6 Å². The standard InChI is InChI=1S/C29H28N6O2/c1-18(19-7-4-3-5-8-19)30-28(37)24-17-34(2)25-12-11-21(15-23(24)25)22-13-14-35-26(16-22)31-29(33-35)32-27(36)20-9-6-10-20/h3-5,7-8,11-18,20H,6,9-10H2,1-2H3,(H,30,37)(H,32,33,36). The van der Waals surface area contributed by atoms with Gasteiger partial charge < -0.3 is 9.88 Å². The van der Waals surface area contributed by atoms with Crippen LogP contribution in [0.1, 0.15) is 48.1 Å². The number of aryl methyl sites for hydroxylation is 1. The summed E-state index contributed by atoms with van der Waals surface area (Å²) in [6, 6.07) is 19.8. The second-order valence-electron chi connectivity index (χ2n) is 9.76. The fourth-order valence-corrected chi connectivity index (χ4v) is 4.85. The Morgan fingerprint density at radius 2 is 1.81 bits per heavy atom. The summed E-state index contributed by atoms with van der Waals surface area (Å²) >= 11 is 0. The van der Waals surface area contributed by atoms with Crippen molar-refractivity contribution in [1.82, 2.24) is 24.5 Å². The van der Waals surface area contributed by atoms with Gasteiger partial charge in [-0.15, -0.1) is 5.10 Å². The topological polar surface area (TPSA) is 93.3 Å². The van der Waals surface area contributed by atoms with Crippen LogP contribution in [-0.4, -0.2) is 31.0 Å². The lowest BCUT2D eigenvalue weighted by Crippen LogP contribution is -2.28. The first-order valence-electron chi connectivity index (χ1n) is 12.6. The van der Waals surface area contributed by atoms with E-state index in [1.165, 1.54) is 0 Å². The molecule has 5 aromatic rings. The molecule has 6 rings (SSSR count). The average molecular weight is 493 g/mol. The quantitative estimate of drug-likeness (QED) is 0.344. The van der Waals surface area contributed by atoms with Gasteiger partial charge >= 0.3 is 0 Å². The van der Waals surface area contributed by atoms with Gasteiger partial charge in [0.1, 0.15) is 0 Å². The molecular formula is C29H28N6O2. The van der Waals surface area contributed by atoms with Crippen LogP contribution in [0.4, 0.5) is 5.95 Å². The summed E-state index contributed by atoms with van der Waals surface area (Å²) < 4.78 is 3.63. The van der Waals surface area contributed by atoms with Crippen LogP contribution < -0.4 is 10.6 Å². The van der Waals surface area contributed by atoms with Crippen LogP contribution >= 0.6 is 0 Å². The van der Waals surface area contributed by atoms with Crippen molar-refractivity contribution in [3.8, 4) is 11.1 Å². The lowest BCUT2D eigenvalue weighted by atomic mass is 9.85. The largest absolute Gasteiger partial charge is 0.350 e. The minimum atomic E-state index is -0.112. The Morgan fingerprint density at radius 1 is 1.03 bits per heavy atom. The van der Waals surface area contributed by atoms with Crippen molar-refractivity contribution in [2.24, 2.45) is 13.0 Å². The highest BCUT2D eigenvalue weighted by molar-refractivity contribution is 6.08. The number of carbonyl (C=O) groups is 2. The van der Waals surface area contributed by atoms with Gasteiger partial charge in [0, 0.05) is 36.3 Å². The number of rotatable bonds is 6. The van der Waals surface area contributed by atoms with Gasteiger partial charge in [0.05, 0.1) is 11.6 Å². The van der Waals surface area contributed by atoms with Crippen LogP contribution in [0.25, 0.3) is 27.7 Å². The first-order valence-corrected chi connectivity index (χ1v) is 12.6. The SMILES string of the molecule is CC(NC(=O)c1cn(C)c2ccc(-c3ccn4nc(NC(=O)C5CCC5)nc4c3)cc12)c1ccccc1. The van der Waals surface area contributed by atoms with Gasteiger partial charge in [0.25, 0.3) is 5.91 Å². The third-order valence-electron chi connectivity index (χ3n) is 7.26. The maximum atomic E-state index is 13.3. The second-order valence-corrected chi connectivity index (χ2v) is 9.76. The van der Waals surface area contributed by atoms with Crippen LogP contribution in [0.2, 0.25) is 0 Å². The fraction of sp³-hybridized carbons (Fsp3) is 0.241. The zero-order chi connectivity index (χ0) is 25.5. The van der Waals surface area contributed by atoms with Crippen LogP contribution in [-0.2, 0) is 11.8 Å². The molecule has 3 heterocycles. The Balaban J connectivity index is 1.28. The normalized spacial score (nSPS) is 14.4. The molecule has 0 spiro atoms. The molecule has 1 saturated carbocycles. The minimum absolute atomic E-state index is 0.00991. The summed E-state index contributed by atoms with van der Waals surface area (Å²) in [5.74, 6) is 0.268. The molecule has 37 heavy (non-hydrogen) atoms. The molecule has 186 valence electrons. The van der Waals surface area contributed by atoms with Gasteiger partial charge in [0.15, 0.2) is 5.65 Å². The van der Waals surface area contributed by atoms with Crippen molar-refractivity contribution in [2.45, 2.75) is 32.2 Å². The van der Waals surface area contributed by atoms with E-state index in [-0.39, 0.29) is 23.8 Å². The molecule has 1 atom stereocenters. The molecule has 1 unspecified atom stereocenters. The van der Waals surface area contributed by atoms with Crippen molar-refractivity contribution in [2.75, 3.05) is 5.32 Å². The predicted molar refractivity (Wildman–Crippen MR) is 143 cm³/mol. The van der Waals surface area contributed by atoms with E-state index >= 15 is 0 Å². The third-order valence-corrected chi connectivity index (χ3v) is 7.26. The van der Waals surface area contributed by atoms with Gasteiger partial charge in [-0.2, -0.15) is 4.98 Å². The van der Waals surface area contributed by atoms with Crippen molar-refractivity contribution in [3.05, 3.63) is 84.2 Å². The molecule has 2 aromatic carbocycles. The molecule has 0 aliphatic heterocycles. The molecule has 3 aromatic heterocycles. The van der Waals surface area contributed by atoms with Crippen molar-refractivity contribution >= 4 is 34.3 Å². The summed E-state index contributed by atoms with van der Waals surface area (Å²) in [6.07, 6.45) is 6.66. The molecular weight excluding hydrogens is 464 g/mol. The number of hydrogen-bond acceptors (Lipinski definition) is 4. The second kappa shape index (κ2) is 9.20. The van der Waals surface area contributed by atoms with Crippen molar-refractivity contribution in [1.29, 1.82) is 0 Å². The number of anilines is 1. The van der Waals surface area contributed by atoms with Gasteiger partial charge in [-0.1, -0.05) is 42.8 Å². The highest BCUT2D eigenvalue weighted by atomic mass is 16.2. The monoisotopic (exact) mass is 492 g/mol. The molecule has 1 aliphatic rings. The first-order chi connectivity index (χ1) is 18.0. The number of fused-ring (bicyclic) bond motifs is 2. The van der Waals surface area contributed by atoms with Gasteiger partial charge in [-0.05, 0) is 60.7 Å². The molecule has 0 bridgehead atoms. The van der Waals surface area contributed by atoms with Gasteiger partial charge in [0.2, 0.25) is 11.9 Å².